The van der Waals surface area contributed by atoms with Gasteiger partial charge in [-0.2, -0.15) is 9.94 Å². The summed E-state index contributed by atoms with van der Waals surface area (Å²) < 4.78 is 1.20. The lowest BCUT2D eigenvalue weighted by Crippen LogP contribution is -2.31. The molecule has 108 valence electrons. The molecule has 1 atom stereocenters. The smallest absolute Gasteiger partial charge is 0.330 e. The van der Waals surface area contributed by atoms with Crippen LogP contribution in [0.2, 0.25) is 0 Å². The Morgan fingerprint density at radius 3 is 2.77 bits per heavy atom. The molecule has 0 fully saturated rings. The first-order valence-corrected chi connectivity index (χ1v) is 6.80. The molecule has 1 amide bonds. The highest BCUT2D eigenvalue weighted by molar-refractivity contribution is 5.88. The highest BCUT2D eigenvalue weighted by Gasteiger charge is 2.15. The van der Waals surface area contributed by atoms with Crippen molar-refractivity contribution in [1.82, 2.24) is 20.3 Å². The third-order valence-corrected chi connectivity index (χ3v) is 3.41. The van der Waals surface area contributed by atoms with Gasteiger partial charge in [-0.15, -0.1) is 5.10 Å². The van der Waals surface area contributed by atoms with Crippen LogP contribution >= 0.6 is 0 Å². The maximum atomic E-state index is 12.3. The summed E-state index contributed by atoms with van der Waals surface area (Å²) >= 11 is 0. The Morgan fingerprint density at radius 2 is 2.05 bits per heavy atom. The zero-order chi connectivity index (χ0) is 15.5. The van der Waals surface area contributed by atoms with Crippen molar-refractivity contribution in [3.05, 3.63) is 59.7 Å². The Bertz CT molecular complexity index is 863. The Hall–Kier alpha value is -3.20. The molecule has 6 heteroatoms. The van der Waals surface area contributed by atoms with Crippen LogP contribution in [0.25, 0.3) is 11.0 Å². The van der Waals surface area contributed by atoms with Gasteiger partial charge in [-0.25, -0.2) is 4.79 Å². The highest BCUT2D eigenvalue weighted by Crippen LogP contribution is 2.15. The van der Waals surface area contributed by atoms with Gasteiger partial charge in [0, 0.05) is 0 Å². The second kappa shape index (κ2) is 5.66. The van der Waals surface area contributed by atoms with Crippen LogP contribution in [-0.2, 0) is 0 Å². The largest absolute Gasteiger partial charge is 0.344 e. The van der Waals surface area contributed by atoms with Gasteiger partial charge in [-0.3, -0.25) is 0 Å². The van der Waals surface area contributed by atoms with Gasteiger partial charge in [-0.1, -0.05) is 35.5 Å². The molecule has 0 radical (unpaired) electrons. The van der Waals surface area contributed by atoms with E-state index < -0.39 is 0 Å². The molecule has 1 N–H and O–H groups in total. The van der Waals surface area contributed by atoms with E-state index in [1.54, 1.807) is 18.2 Å². The van der Waals surface area contributed by atoms with Crippen LogP contribution < -0.4 is 5.32 Å². The monoisotopic (exact) mass is 291 g/mol. The predicted molar refractivity (Wildman–Crippen MR) is 81.0 cm³/mol. The number of nitrogens with one attached hydrogen (secondary N) is 1. The molecule has 0 saturated heterocycles. The summed E-state index contributed by atoms with van der Waals surface area (Å²) in [5.74, 6) is 0. The van der Waals surface area contributed by atoms with Crippen molar-refractivity contribution < 1.29 is 4.79 Å². The van der Waals surface area contributed by atoms with Crippen LogP contribution in [0.15, 0.2) is 48.5 Å². The summed E-state index contributed by atoms with van der Waals surface area (Å²) in [7, 11) is 0. The van der Waals surface area contributed by atoms with Gasteiger partial charge in [-0.05, 0) is 30.7 Å². The second-order valence-corrected chi connectivity index (χ2v) is 4.90. The molecule has 6 nitrogen and oxygen atoms in total. The molecule has 0 aliphatic heterocycles. The molecule has 3 rings (SSSR count). The molecule has 1 aromatic heterocycles. The molecule has 22 heavy (non-hydrogen) atoms. The molecule has 0 unspecified atom stereocenters. The Kier molecular flexibility index (Phi) is 3.54. The number of amides is 1. The predicted octanol–water partition coefficient (Wildman–Crippen LogP) is 2.62. The van der Waals surface area contributed by atoms with Gasteiger partial charge >= 0.3 is 6.03 Å². The third kappa shape index (κ3) is 2.52. The second-order valence-electron chi connectivity index (χ2n) is 4.90. The fourth-order valence-corrected chi connectivity index (χ4v) is 2.21. The average Bonchev–Trinajstić information content (AvgIpc) is 2.98. The first-order chi connectivity index (χ1) is 10.7. The fraction of sp³-hybridized carbons (Fsp3) is 0.125. The molecular formula is C16H13N5O. The minimum absolute atomic E-state index is 0.147. The molecule has 1 heterocycles. The minimum atomic E-state index is -0.358. The lowest BCUT2D eigenvalue weighted by molar-refractivity contribution is 0.237. The number of nitriles is 1. The molecular weight excluding hydrogens is 278 g/mol. The van der Waals surface area contributed by atoms with Crippen molar-refractivity contribution in [1.29, 1.82) is 5.26 Å². The van der Waals surface area contributed by atoms with E-state index in [0.717, 1.165) is 5.56 Å². The first kappa shape index (κ1) is 13.8. The molecule has 0 aliphatic rings. The van der Waals surface area contributed by atoms with Crippen LogP contribution in [0.5, 0.6) is 0 Å². The zero-order valence-corrected chi connectivity index (χ0v) is 11.9. The standard InChI is InChI=1S/C16H13N5O/c1-11(13-5-3-2-4-6-13)18-16(22)21-15-8-7-12(10-17)9-14(15)19-20-21/h2-9,11H,1H3,(H,18,22)/t11-/m0/s1. The van der Waals surface area contributed by atoms with E-state index in [-0.39, 0.29) is 12.1 Å². The summed E-state index contributed by atoms with van der Waals surface area (Å²) in [4.78, 5) is 12.3. The van der Waals surface area contributed by atoms with Crippen molar-refractivity contribution in [2.75, 3.05) is 0 Å². The van der Waals surface area contributed by atoms with Gasteiger partial charge in [0.2, 0.25) is 0 Å². The summed E-state index contributed by atoms with van der Waals surface area (Å²) in [5, 5.41) is 19.5. The molecule has 0 spiro atoms. The van der Waals surface area contributed by atoms with E-state index in [1.165, 1.54) is 4.68 Å². The van der Waals surface area contributed by atoms with Crippen molar-refractivity contribution >= 4 is 17.1 Å². The summed E-state index contributed by atoms with van der Waals surface area (Å²) in [6.07, 6.45) is 0. The number of rotatable bonds is 2. The molecule has 0 aliphatic carbocycles. The third-order valence-electron chi connectivity index (χ3n) is 3.41. The number of aromatic nitrogens is 3. The number of nitrogens with zero attached hydrogens (tertiary/aromatic N) is 4. The van der Waals surface area contributed by atoms with Gasteiger partial charge in [0.05, 0.1) is 23.2 Å². The van der Waals surface area contributed by atoms with Crippen molar-refractivity contribution in [3.63, 3.8) is 0 Å². The van der Waals surface area contributed by atoms with E-state index >= 15 is 0 Å². The topological polar surface area (TPSA) is 83.6 Å². The lowest BCUT2D eigenvalue weighted by Gasteiger charge is -2.13. The van der Waals surface area contributed by atoms with E-state index in [2.05, 4.69) is 15.6 Å². The van der Waals surface area contributed by atoms with Crippen LogP contribution in [0, 0.1) is 11.3 Å². The van der Waals surface area contributed by atoms with Crippen LogP contribution in [0.4, 0.5) is 4.79 Å². The van der Waals surface area contributed by atoms with Gasteiger partial charge in [0.1, 0.15) is 5.52 Å². The summed E-state index contributed by atoms with van der Waals surface area (Å²) in [6, 6.07) is 16.1. The van der Waals surface area contributed by atoms with Crippen molar-refractivity contribution in [2.45, 2.75) is 13.0 Å². The number of hydrogen-bond acceptors (Lipinski definition) is 4. The Balaban J connectivity index is 1.85. The maximum absolute atomic E-state index is 12.3. The normalized spacial score (nSPS) is 11.8. The number of fused-ring (bicyclic) bond motifs is 1. The van der Waals surface area contributed by atoms with Crippen molar-refractivity contribution in [3.8, 4) is 6.07 Å². The van der Waals surface area contributed by atoms with Crippen LogP contribution in [0.1, 0.15) is 24.1 Å². The Labute approximate surface area is 127 Å². The van der Waals surface area contributed by atoms with Crippen LogP contribution in [0.3, 0.4) is 0 Å². The summed E-state index contributed by atoms with van der Waals surface area (Å²) in [5.41, 5.74) is 2.57. The molecule has 0 saturated carbocycles. The van der Waals surface area contributed by atoms with E-state index in [4.69, 9.17) is 5.26 Å². The lowest BCUT2D eigenvalue weighted by atomic mass is 10.1. The molecule has 0 bridgehead atoms. The van der Waals surface area contributed by atoms with E-state index in [0.29, 0.717) is 16.6 Å². The van der Waals surface area contributed by atoms with E-state index in [9.17, 15) is 4.79 Å². The zero-order valence-electron chi connectivity index (χ0n) is 11.9. The fourth-order valence-electron chi connectivity index (χ4n) is 2.21. The van der Waals surface area contributed by atoms with Gasteiger partial charge in [0.25, 0.3) is 0 Å². The summed E-state index contributed by atoms with van der Waals surface area (Å²) in [6.45, 7) is 1.90. The molecule has 2 aromatic carbocycles. The average molecular weight is 291 g/mol. The van der Waals surface area contributed by atoms with Crippen molar-refractivity contribution in [2.24, 2.45) is 0 Å². The minimum Gasteiger partial charge on any atom is -0.330 e. The number of benzene rings is 2. The molecule has 3 aromatic rings. The van der Waals surface area contributed by atoms with E-state index in [1.807, 2.05) is 43.3 Å². The van der Waals surface area contributed by atoms with Gasteiger partial charge in [0.15, 0.2) is 0 Å². The first-order valence-electron chi connectivity index (χ1n) is 6.80. The maximum Gasteiger partial charge on any atom is 0.344 e. The Morgan fingerprint density at radius 1 is 1.27 bits per heavy atom. The van der Waals surface area contributed by atoms with Gasteiger partial charge < -0.3 is 5.32 Å². The number of carbonyl (C=O) groups excluding carboxylic acids is 1. The highest BCUT2D eigenvalue weighted by atomic mass is 16.2. The number of carbonyl (C=O) groups is 1. The SMILES string of the molecule is C[C@H](NC(=O)n1nnc2cc(C#N)ccc21)c1ccccc1. The quantitative estimate of drug-likeness (QED) is 0.786. The number of hydrogen-bond donors (Lipinski definition) is 1. The van der Waals surface area contributed by atoms with Crippen LogP contribution in [-0.4, -0.2) is 21.0 Å².